The minimum atomic E-state index is -0.317. The number of nitrogens with two attached hydrogens (primary N) is 1. The summed E-state index contributed by atoms with van der Waals surface area (Å²) in [7, 11) is 0. The van der Waals surface area contributed by atoms with Crippen LogP contribution in [0.1, 0.15) is 85.5 Å². The number of unbranched alkanes of at least 4 members (excludes halogenated alkanes) is 5. The second-order valence-corrected chi connectivity index (χ2v) is 5.98. The van der Waals surface area contributed by atoms with Crippen LogP contribution in [0.3, 0.4) is 0 Å². The third kappa shape index (κ3) is 6.53. The van der Waals surface area contributed by atoms with E-state index in [0.29, 0.717) is 0 Å². The van der Waals surface area contributed by atoms with Gasteiger partial charge in [0.05, 0.1) is 6.04 Å². The van der Waals surface area contributed by atoms with Gasteiger partial charge in [-0.25, -0.2) is 0 Å². The molecule has 0 saturated carbocycles. The number of carbonyl (C=O) groups is 1. The molecule has 2 atom stereocenters. The van der Waals surface area contributed by atoms with Gasteiger partial charge in [-0.3, -0.25) is 4.79 Å². The van der Waals surface area contributed by atoms with E-state index in [2.05, 4.69) is 20.8 Å². The second-order valence-electron chi connectivity index (χ2n) is 5.98. The van der Waals surface area contributed by atoms with Gasteiger partial charge in [-0.05, 0) is 19.8 Å². The number of carbonyl (C=O) groups excluding carboxylic acids is 1. The molecule has 0 radical (unpaired) electrons. The molecule has 0 aliphatic heterocycles. The highest BCUT2D eigenvalue weighted by Crippen LogP contribution is 2.32. The normalized spacial score (nSPS) is 16.3. The van der Waals surface area contributed by atoms with E-state index in [4.69, 9.17) is 5.73 Å². The molecule has 0 bridgehead atoms. The Kier molecular flexibility index (Phi) is 9.35. The first-order chi connectivity index (χ1) is 8.48. The van der Waals surface area contributed by atoms with E-state index in [-0.39, 0.29) is 17.2 Å². The summed E-state index contributed by atoms with van der Waals surface area (Å²) in [5, 5.41) is 0. The summed E-state index contributed by atoms with van der Waals surface area (Å²) >= 11 is 0. The molecule has 2 heteroatoms. The molecule has 0 amide bonds. The highest BCUT2D eigenvalue weighted by Gasteiger charge is 2.33. The lowest BCUT2D eigenvalue weighted by Crippen LogP contribution is -2.40. The monoisotopic (exact) mass is 255 g/mol. The van der Waals surface area contributed by atoms with Crippen LogP contribution in [0.2, 0.25) is 0 Å². The molecule has 0 fully saturated rings. The van der Waals surface area contributed by atoms with E-state index in [1.807, 2.05) is 6.92 Å². The number of Topliss-reactive ketones (excluding diaryl/α,β-unsaturated/α-hetero) is 1. The summed E-state index contributed by atoms with van der Waals surface area (Å²) in [6, 6.07) is -0.317. The van der Waals surface area contributed by atoms with Crippen molar-refractivity contribution in [3.63, 3.8) is 0 Å². The number of hydrogen-bond donors (Lipinski definition) is 1. The lowest BCUT2D eigenvalue weighted by Gasteiger charge is -2.30. The number of hydrogen-bond acceptors (Lipinski definition) is 2. The van der Waals surface area contributed by atoms with Crippen molar-refractivity contribution in [1.82, 2.24) is 0 Å². The Bertz CT molecular complexity index is 225. The fraction of sp³-hybridized carbons (Fsp3) is 0.938. The highest BCUT2D eigenvalue weighted by atomic mass is 16.1. The van der Waals surface area contributed by atoms with Crippen LogP contribution < -0.4 is 5.73 Å². The van der Waals surface area contributed by atoms with E-state index < -0.39 is 0 Å². The molecule has 2 unspecified atom stereocenters. The van der Waals surface area contributed by atoms with Crippen LogP contribution in [-0.4, -0.2) is 11.8 Å². The zero-order valence-corrected chi connectivity index (χ0v) is 12.9. The van der Waals surface area contributed by atoms with Gasteiger partial charge in [-0.1, -0.05) is 65.7 Å². The van der Waals surface area contributed by atoms with Crippen LogP contribution in [0.25, 0.3) is 0 Å². The first kappa shape index (κ1) is 17.6. The summed E-state index contributed by atoms with van der Waals surface area (Å²) in [6.07, 6.45) is 10.6. The Hall–Kier alpha value is -0.370. The molecule has 0 heterocycles. The van der Waals surface area contributed by atoms with Gasteiger partial charge in [0.15, 0.2) is 5.78 Å². The van der Waals surface area contributed by atoms with E-state index in [9.17, 15) is 4.79 Å². The first-order valence-electron chi connectivity index (χ1n) is 7.77. The molecule has 0 rings (SSSR count). The van der Waals surface area contributed by atoms with Crippen LogP contribution in [0.15, 0.2) is 0 Å². The van der Waals surface area contributed by atoms with Crippen molar-refractivity contribution in [3.8, 4) is 0 Å². The molecule has 108 valence electrons. The van der Waals surface area contributed by atoms with Gasteiger partial charge in [0.25, 0.3) is 0 Å². The summed E-state index contributed by atoms with van der Waals surface area (Å²) in [5.74, 6) is 0.256. The standard InChI is InChI=1S/C16H33NO/c1-5-7-9-10-11-13-16(4,12-8-6-2)15(18)14(3)17/h14H,5-13,17H2,1-4H3. The third-order valence-electron chi connectivity index (χ3n) is 3.92. The lowest BCUT2D eigenvalue weighted by molar-refractivity contribution is -0.129. The van der Waals surface area contributed by atoms with Gasteiger partial charge in [-0.2, -0.15) is 0 Å². The first-order valence-corrected chi connectivity index (χ1v) is 7.77. The maximum absolute atomic E-state index is 12.3. The molecular weight excluding hydrogens is 222 g/mol. The summed E-state index contributed by atoms with van der Waals surface area (Å²) in [5.41, 5.74) is 5.61. The van der Waals surface area contributed by atoms with Crippen LogP contribution in [0.4, 0.5) is 0 Å². The Morgan fingerprint density at radius 2 is 1.50 bits per heavy atom. The number of ketones is 1. The molecule has 0 aromatic rings. The van der Waals surface area contributed by atoms with E-state index in [0.717, 1.165) is 25.7 Å². The molecule has 0 saturated heterocycles. The average Bonchev–Trinajstić information content (AvgIpc) is 2.35. The van der Waals surface area contributed by atoms with Gasteiger partial charge in [0.2, 0.25) is 0 Å². The third-order valence-corrected chi connectivity index (χ3v) is 3.92. The molecule has 0 aromatic heterocycles. The molecule has 0 aliphatic carbocycles. The number of rotatable bonds is 11. The summed E-state index contributed by atoms with van der Waals surface area (Å²) in [6.45, 7) is 8.35. The van der Waals surface area contributed by atoms with Crippen molar-refractivity contribution in [2.24, 2.45) is 11.1 Å². The molecule has 0 aromatic carbocycles. The molecule has 0 spiro atoms. The predicted octanol–water partition coefficient (Wildman–Crippen LogP) is 4.46. The van der Waals surface area contributed by atoms with Gasteiger partial charge >= 0.3 is 0 Å². The second kappa shape index (κ2) is 9.55. The lowest BCUT2D eigenvalue weighted by atomic mass is 9.74. The minimum absolute atomic E-state index is 0.184. The topological polar surface area (TPSA) is 43.1 Å². The fourth-order valence-electron chi connectivity index (χ4n) is 2.61. The maximum Gasteiger partial charge on any atom is 0.155 e. The zero-order valence-electron chi connectivity index (χ0n) is 12.9. The highest BCUT2D eigenvalue weighted by molar-refractivity contribution is 5.88. The van der Waals surface area contributed by atoms with Crippen molar-refractivity contribution in [3.05, 3.63) is 0 Å². The van der Waals surface area contributed by atoms with Crippen molar-refractivity contribution < 1.29 is 4.79 Å². The Balaban J connectivity index is 4.25. The van der Waals surface area contributed by atoms with Gasteiger partial charge in [-0.15, -0.1) is 0 Å². The van der Waals surface area contributed by atoms with E-state index in [1.165, 1.54) is 32.1 Å². The molecule has 0 aliphatic rings. The van der Waals surface area contributed by atoms with Crippen molar-refractivity contribution >= 4 is 5.78 Å². The van der Waals surface area contributed by atoms with Crippen LogP contribution in [-0.2, 0) is 4.79 Å². The van der Waals surface area contributed by atoms with E-state index in [1.54, 1.807) is 0 Å². The summed E-state index contributed by atoms with van der Waals surface area (Å²) in [4.78, 5) is 12.3. The molecule has 2 nitrogen and oxygen atoms in total. The van der Waals surface area contributed by atoms with Crippen LogP contribution in [0, 0.1) is 5.41 Å². The molecular formula is C16H33NO. The molecule has 18 heavy (non-hydrogen) atoms. The van der Waals surface area contributed by atoms with Crippen LogP contribution in [0.5, 0.6) is 0 Å². The Morgan fingerprint density at radius 3 is 2.00 bits per heavy atom. The quantitative estimate of drug-likeness (QED) is 0.554. The SMILES string of the molecule is CCCCCCCC(C)(CCCC)C(=O)C(C)N. The average molecular weight is 255 g/mol. The summed E-state index contributed by atoms with van der Waals surface area (Å²) < 4.78 is 0. The van der Waals surface area contributed by atoms with Crippen LogP contribution >= 0.6 is 0 Å². The van der Waals surface area contributed by atoms with E-state index >= 15 is 0 Å². The van der Waals surface area contributed by atoms with Gasteiger partial charge < -0.3 is 5.73 Å². The van der Waals surface area contributed by atoms with Crippen molar-refractivity contribution in [2.45, 2.75) is 91.5 Å². The zero-order chi connectivity index (χ0) is 14.0. The van der Waals surface area contributed by atoms with Crippen molar-refractivity contribution in [1.29, 1.82) is 0 Å². The van der Waals surface area contributed by atoms with Gasteiger partial charge in [0, 0.05) is 5.41 Å². The minimum Gasteiger partial charge on any atom is -0.322 e. The Morgan fingerprint density at radius 1 is 1.00 bits per heavy atom. The largest absolute Gasteiger partial charge is 0.322 e. The predicted molar refractivity (Wildman–Crippen MR) is 79.7 cm³/mol. The van der Waals surface area contributed by atoms with Gasteiger partial charge in [0.1, 0.15) is 0 Å². The Labute approximate surface area is 114 Å². The van der Waals surface area contributed by atoms with Crippen molar-refractivity contribution in [2.75, 3.05) is 0 Å². The molecule has 2 N–H and O–H groups in total. The maximum atomic E-state index is 12.3. The smallest absolute Gasteiger partial charge is 0.155 e. The fourth-order valence-corrected chi connectivity index (χ4v) is 2.61.